The van der Waals surface area contributed by atoms with Gasteiger partial charge < -0.3 is 5.73 Å². The average molecular weight is 191 g/mol. The maximum Gasteiger partial charge on any atom is -0.00108 e. The van der Waals surface area contributed by atoms with Gasteiger partial charge >= 0.3 is 0 Å². The topological polar surface area (TPSA) is 26.0 Å². The Morgan fingerprint density at radius 2 is 1.79 bits per heavy atom. The highest BCUT2D eigenvalue weighted by Gasteiger charge is 2.19. The number of hydrogen-bond acceptors (Lipinski definition) is 1. The van der Waals surface area contributed by atoms with Gasteiger partial charge in [-0.25, -0.2) is 0 Å². The minimum atomic E-state index is 0.208. The summed E-state index contributed by atoms with van der Waals surface area (Å²) in [5.41, 5.74) is 8.73. The molecule has 0 aliphatic rings. The normalized spacial score (nSPS) is 14.1. The van der Waals surface area contributed by atoms with Crippen LogP contribution in [0.5, 0.6) is 0 Å². The van der Waals surface area contributed by atoms with Gasteiger partial charge in [-0.15, -0.1) is 0 Å². The lowest BCUT2D eigenvalue weighted by Gasteiger charge is -2.25. The Kier molecular flexibility index (Phi) is 3.33. The minimum Gasteiger partial charge on any atom is -0.330 e. The Hall–Kier alpha value is -0.820. The lowest BCUT2D eigenvalue weighted by molar-refractivity contribution is 0.574. The standard InChI is InChI=1S/C13H21N/c1-10(9-14)11-7-5-6-8-12(11)13(2,3)4/h5-8,10H,9,14H2,1-4H3. The first-order valence-electron chi connectivity index (χ1n) is 5.26. The van der Waals surface area contributed by atoms with E-state index in [1.807, 2.05) is 0 Å². The second-order valence-electron chi connectivity index (χ2n) is 4.97. The molecule has 1 nitrogen and oxygen atoms in total. The molecule has 1 heteroatoms. The number of nitrogens with two attached hydrogens (primary N) is 1. The summed E-state index contributed by atoms with van der Waals surface area (Å²) in [5, 5.41) is 0. The van der Waals surface area contributed by atoms with Crippen LogP contribution in [0.25, 0.3) is 0 Å². The number of benzene rings is 1. The Labute approximate surface area is 87.3 Å². The molecule has 14 heavy (non-hydrogen) atoms. The van der Waals surface area contributed by atoms with Crippen molar-refractivity contribution in [2.24, 2.45) is 5.73 Å². The monoisotopic (exact) mass is 191 g/mol. The predicted octanol–water partition coefficient (Wildman–Crippen LogP) is 3.05. The largest absolute Gasteiger partial charge is 0.330 e. The van der Waals surface area contributed by atoms with Crippen molar-refractivity contribution in [1.82, 2.24) is 0 Å². The summed E-state index contributed by atoms with van der Waals surface area (Å²) in [7, 11) is 0. The quantitative estimate of drug-likeness (QED) is 0.764. The van der Waals surface area contributed by atoms with Crippen molar-refractivity contribution in [3.05, 3.63) is 35.4 Å². The average Bonchev–Trinajstić information content (AvgIpc) is 2.15. The molecule has 2 N–H and O–H groups in total. The third-order valence-electron chi connectivity index (χ3n) is 2.65. The first kappa shape index (κ1) is 11.3. The van der Waals surface area contributed by atoms with Crippen molar-refractivity contribution in [3.8, 4) is 0 Å². The molecule has 0 bridgehead atoms. The van der Waals surface area contributed by atoms with E-state index in [2.05, 4.69) is 52.0 Å². The molecule has 0 aromatic heterocycles. The van der Waals surface area contributed by atoms with Gasteiger partial charge in [0.2, 0.25) is 0 Å². The molecule has 78 valence electrons. The molecule has 0 fully saturated rings. The molecule has 1 aromatic carbocycles. The molecule has 0 amide bonds. The summed E-state index contributed by atoms with van der Waals surface area (Å²) < 4.78 is 0. The first-order chi connectivity index (χ1) is 6.46. The van der Waals surface area contributed by atoms with E-state index in [1.165, 1.54) is 11.1 Å². The van der Waals surface area contributed by atoms with Crippen LogP contribution in [0, 0.1) is 0 Å². The third kappa shape index (κ3) is 2.36. The van der Waals surface area contributed by atoms with Gasteiger partial charge in [0.15, 0.2) is 0 Å². The van der Waals surface area contributed by atoms with Gasteiger partial charge in [0.05, 0.1) is 0 Å². The van der Waals surface area contributed by atoms with Crippen LogP contribution in [-0.2, 0) is 5.41 Å². The van der Waals surface area contributed by atoms with Crippen LogP contribution in [0.1, 0.15) is 44.7 Å². The van der Waals surface area contributed by atoms with Gasteiger partial charge in [-0.05, 0) is 29.0 Å². The van der Waals surface area contributed by atoms with Gasteiger partial charge in [-0.3, -0.25) is 0 Å². The smallest absolute Gasteiger partial charge is 0.00108 e. The maximum atomic E-state index is 5.72. The van der Waals surface area contributed by atoms with Crippen molar-refractivity contribution in [1.29, 1.82) is 0 Å². The Balaban J connectivity index is 3.16. The molecule has 0 radical (unpaired) electrons. The number of hydrogen-bond donors (Lipinski definition) is 1. The van der Waals surface area contributed by atoms with Gasteiger partial charge in [0.1, 0.15) is 0 Å². The van der Waals surface area contributed by atoms with Crippen molar-refractivity contribution in [2.45, 2.75) is 39.0 Å². The van der Waals surface area contributed by atoms with Crippen LogP contribution in [0.15, 0.2) is 24.3 Å². The third-order valence-corrected chi connectivity index (χ3v) is 2.65. The molecule has 0 heterocycles. The molecule has 1 atom stereocenters. The van der Waals surface area contributed by atoms with E-state index in [0.29, 0.717) is 12.5 Å². The molecule has 0 aliphatic carbocycles. The highest BCUT2D eigenvalue weighted by Crippen LogP contribution is 2.29. The van der Waals surface area contributed by atoms with Gasteiger partial charge in [0.25, 0.3) is 0 Å². The van der Waals surface area contributed by atoms with E-state index >= 15 is 0 Å². The van der Waals surface area contributed by atoms with Gasteiger partial charge in [0, 0.05) is 0 Å². The molecule has 0 saturated carbocycles. The number of rotatable bonds is 2. The van der Waals surface area contributed by atoms with Crippen molar-refractivity contribution >= 4 is 0 Å². The second-order valence-corrected chi connectivity index (χ2v) is 4.97. The molecule has 0 aliphatic heterocycles. The van der Waals surface area contributed by atoms with Gasteiger partial charge in [-0.1, -0.05) is 52.0 Å². The summed E-state index contributed by atoms with van der Waals surface area (Å²) in [6.07, 6.45) is 0. The Morgan fingerprint density at radius 1 is 1.21 bits per heavy atom. The SMILES string of the molecule is CC(CN)c1ccccc1C(C)(C)C. The van der Waals surface area contributed by atoms with Crippen molar-refractivity contribution in [3.63, 3.8) is 0 Å². The highest BCUT2D eigenvalue weighted by molar-refractivity contribution is 5.35. The van der Waals surface area contributed by atoms with E-state index in [-0.39, 0.29) is 5.41 Å². The summed E-state index contributed by atoms with van der Waals surface area (Å²) >= 11 is 0. The maximum absolute atomic E-state index is 5.72. The van der Waals surface area contributed by atoms with Crippen LogP contribution in [0.4, 0.5) is 0 Å². The van der Waals surface area contributed by atoms with Crippen LogP contribution in [0.3, 0.4) is 0 Å². The highest BCUT2D eigenvalue weighted by atomic mass is 14.5. The fourth-order valence-corrected chi connectivity index (χ4v) is 1.74. The van der Waals surface area contributed by atoms with E-state index in [0.717, 1.165) is 0 Å². The zero-order valence-corrected chi connectivity index (χ0v) is 9.67. The van der Waals surface area contributed by atoms with E-state index in [9.17, 15) is 0 Å². The Morgan fingerprint density at radius 3 is 2.29 bits per heavy atom. The lowest BCUT2D eigenvalue weighted by Crippen LogP contribution is -2.18. The predicted molar refractivity (Wildman–Crippen MR) is 62.6 cm³/mol. The van der Waals surface area contributed by atoms with Crippen LogP contribution >= 0.6 is 0 Å². The first-order valence-corrected chi connectivity index (χ1v) is 5.26. The van der Waals surface area contributed by atoms with E-state index < -0.39 is 0 Å². The van der Waals surface area contributed by atoms with Crippen molar-refractivity contribution in [2.75, 3.05) is 6.54 Å². The van der Waals surface area contributed by atoms with Crippen LogP contribution < -0.4 is 5.73 Å². The van der Waals surface area contributed by atoms with E-state index in [4.69, 9.17) is 5.73 Å². The van der Waals surface area contributed by atoms with Crippen LogP contribution in [0.2, 0.25) is 0 Å². The fraction of sp³-hybridized carbons (Fsp3) is 0.538. The zero-order chi connectivity index (χ0) is 10.8. The lowest BCUT2D eigenvalue weighted by atomic mass is 9.80. The molecule has 1 aromatic rings. The Bertz CT molecular complexity index is 296. The molecule has 0 spiro atoms. The summed E-state index contributed by atoms with van der Waals surface area (Å²) in [5.74, 6) is 0.449. The molecule has 0 saturated heterocycles. The van der Waals surface area contributed by atoms with Gasteiger partial charge in [-0.2, -0.15) is 0 Å². The molecule has 1 unspecified atom stereocenters. The summed E-state index contributed by atoms with van der Waals surface area (Å²) in [6, 6.07) is 8.60. The zero-order valence-electron chi connectivity index (χ0n) is 9.67. The van der Waals surface area contributed by atoms with Crippen LogP contribution in [-0.4, -0.2) is 6.54 Å². The molecule has 1 rings (SSSR count). The molecular formula is C13H21N. The molecular weight excluding hydrogens is 170 g/mol. The second kappa shape index (κ2) is 4.14. The minimum absolute atomic E-state index is 0.208. The van der Waals surface area contributed by atoms with E-state index in [1.54, 1.807) is 0 Å². The summed E-state index contributed by atoms with van der Waals surface area (Å²) in [6.45, 7) is 9.64. The summed E-state index contributed by atoms with van der Waals surface area (Å²) in [4.78, 5) is 0. The fourth-order valence-electron chi connectivity index (χ4n) is 1.74. The van der Waals surface area contributed by atoms with Crippen molar-refractivity contribution < 1.29 is 0 Å².